The van der Waals surface area contributed by atoms with Crippen LogP contribution in [0.25, 0.3) is 0 Å². The van der Waals surface area contributed by atoms with Crippen molar-refractivity contribution >= 4 is 23.3 Å². The van der Waals surface area contributed by atoms with Gasteiger partial charge < -0.3 is 10.1 Å². The van der Waals surface area contributed by atoms with Gasteiger partial charge in [-0.3, -0.25) is 0 Å². The van der Waals surface area contributed by atoms with Crippen molar-refractivity contribution in [3.05, 3.63) is 64.7 Å². The first kappa shape index (κ1) is 13.0. The van der Waals surface area contributed by atoms with Crippen molar-refractivity contribution < 1.29 is 9.53 Å². The monoisotopic (exact) mass is 287 g/mol. The molecule has 0 saturated carbocycles. The molecule has 0 radical (unpaired) electrons. The van der Waals surface area contributed by atoms with Gasteiger partial charge in [-0.1, -0.05) is 48.0 Å². The zero-order chi connectivity index (χ0) is 13.9. The molecule has 1 aliphatic rings. The first-order valence-corrected chi connectivity index (χ1v) is 6.86. The highest BCUT2D eigenvalue weighted by Gasteiger charge is 2.27. The molecule has 4 heteroatoms. The van der Waals surface area contributed by atoms with Crippen LogP contribution in [0.15, 0.2) is 48.5 Å². The number of halogens is 1. The molecule has 1 aliphatic heterocycles. The van der Waals surface area contributed by atoms with Gasteiger partial charge in [-0.25, -0.2) is 4.79 Å². The van der Waals surface area contributed by atoms with Crippen LogP contribution in [0.1, 0.15) is 11.1 Å². The Morgan fingerprint density at radius 3 is 2.75 bits per heavy atom. The highest BCUT2D eigenvalue weighted by atomic mass is 35.5. The lowest BCUT2D eigenvalue weighted by molar-refractivity contribution is -0.145. The summed E-state index contributed by atoms with van der Waals surface area (Å²) in [5.41, 5.74) is 2.97. The van der Waals surface area contributed by atoms with E-state index in [1.807, 2.05) is 42.5 Å². The predicted molar refractivity (Wildman–Crippen MR) is 78.8 cm³/mol. The van der Waals surface area contributed by atoms with Crippen molar-refractivity contribution in [3.63, 3.8) is 0 Å². The van der Waals surface area contributed by atoms with Crippen molar-refractivity contribution in [1.29, 1.82) is 0 Å². The minimum absolute atomic E-state index is 0.201. The number of para-hydroxylation sites is 1. The Morgan fingerprint density at radius 1 is 1.20 bits per heavy atom. The largest absolute Gasteiger partial charge is 0.459 e. The van der Waals surface area contributed by atoms with Gasteiger partial charge in [0, 0.05) is 22.7 Å². The molecule has 2 aromatic rings. The normalized spacial score (nSPS) is 16.4. The second kappa shape index (κ2) is 5.55. The number of hydrogen-bond donors (Lipinski definition) is 1. The van der Waals surface area contributed by atoms with Gasteiger partial charge in [-0.15, -0.1) is 0 Å². The van der Waals surface area contributed by atoms with Crippen LogP contribution in [0, 0.1) is 0 Å². The molecule has 102 valence electrons. The van der Waals surface area contributed by atoms with Gasteiger partial charge in [-0.05, 0) is 17.7 Å². The molecule has 1 heterocycles. The fraction of sp³-hybridized carbons (Fsp3) is 0.188. The Hall–Kier alpha value is -2.00. The standard InChI is InChI=1S/C16H14ClNO2/c17-13-7-3-1-6-12(13)10-20-16(19)15-9-11-5-2-4-8-14(11)18-15/h1-8,15,18H,9-10H2. The van der Waals surface area contributed by atoms with Crippen LogP contribution in [-0.4, -0.2) is 12.0 Å². The third-order valence-corrected chi connectivity index (χ3v) is 3.75. The maximum absolute atomic E-state index is 12.1. The predicted octanol–water partition coefficient (Wildman–Crippen LogP) is 3.42. The van der Waals surface area contributed by atoms with Crippen LogP contribution in [0.3, 0.4) is 0 Å². The van der Waals surface area contributed by atoms with Crippen LogP contribution in [0.5, 0.6) is 0 Å². The molecule has 1 unspecified atom stereocenters. The van der Waals surface area contributed by atoms with E-state index in [1.165, 1.54) is 0 Å². The van der Waals surface area contributed by atoms with E-state index in [9.17, 15) is 4.79 Å². The zero-order valence-corrected chi connectivity index (χ0v) is 11.6. The lowest BCUT2D eigenvalue weighted by Crippen LogP contribution is -2.28. The average molecular weight is 288 g/mol. The third-order valence-electron chi connectivity index (χ3n) is 3.38. The Kier molecular flexibility index (Phi) is 3.61. The Labute approximate surface area is 122 Å². The lowest BCUT2D eigenvalue weighted by Gasteiger charge is -2.11. The molecule has 1 N–H and O–H groups in total. The van der Waals surface area contributed by atoms with Gasteiger partial charge in [-0.2, -0.15) is 0 Å². The van der Waals surface area contributed by atoms with Crippen molar-refractivity contribution in [2.24, 2.45) is 0 Å². The molecule has 0 saturated heterocycles. The maximum atomic E-state index is 12.1. The SMILES string of the molecule is O=C(OCc1ccccc1Cl)C1Cc2ccccc2N1. The number of benzene rings is 2. The molecule has 0 bridgehead atoms. The number of fused-ring (bicyclic) bond motifs is 1. The summed E-state index contributed by atoms with van der Waals surface area (Å²) in [5, 5.41) is 3.79. The van der Waals surface area contributed by atoms with E-state index in [-0.39, 0.29) is 18.6 Å². The minimum atomic E-state index is -0.310. The van der Waals surface area contributed by atoms with Gasteiger partial charge in [0.25, 0.3) is 0 Å². The van der Waals surface area contributed by atoms with E-state index in [2.05, 4.69) is 5.32 Å². The summed E-state index contributed by atoms with van der Waals surface area (Å²) in [6.45, 7) is 0.201. The van der Waals surface area contributed by atoms with E-state index in [4.69, 9.17) is 16.3 Å². The van der Waals surface area contributed by atoms with Gasteiger partial charge in [0.05, 0.1) is 0 Å². The zero-order valence-electron chi connectivity index (χ0n) is 10.8. The second-order valence-electron chi connectivity index (χ2n) is 4.76. The summed E-state index contributed by atoms with van der Waals surface area (Å²) < 4.78 is 5.34. The van der Waals surface area contributed by atoms with E-state index in [1.54, 1.807) is 6.07 Å². The summed E-state index contributed by atoms with van der Waals surface area (Å²) in [6.07, 6.45) is 0.664. The summed E-state index contributed by atoms with van der Waals surface area (Å²) in [6, 6.07) is 15.0. The minimum Gasteiger partial charge on any atom is -0.459 e. The smallest absolute Gasteiger partial charge is 0.329 e. The van der Waals surface area contributed by atoms with Crippen LogP contribution < -0.4 is 5.32 Å². The average Bonchev–Trinajstić information content (AvgIpc) is 2.90. The van der Waals surface area contributed by atoms with Crippen LogP contribution >= 0.6 is 11.6 Å². The molecule has 0 aromatic heterocycles. The Balaban J connectivity index is 1.61. The highest BCUT2D eigenvalue weighted by Crippen LogP contribution is 2.26. The molecule has 20 heavy (non-hydrogen) atoms. The maximum Gasteiger partial charge on any atom is 0.329 e. The Morgan fingerprint density at radius 2 is 1.95 bits per heavy atom. The number of esters is 1. The third kappa shape index (κ3) is 2.63. The molecule has 0 amide bonds. The number of anilines is 1. The molecule has 1 atom stereocenters. The van der Waals surface area contributed by atoms with Gasteiger partial charge >= 0.3 is 5.97 Å². The summed E-state index contributed by atoms with van der Waals surface area (Å²) in [7, 11) is 0. The molecule has 3 rings (SSSR count). The molecule has 3 nitrogen and oxygen atoms in total. The highest BCUT2D eigenvalue weighted by molar-refractivity contribution is 6.31. The topological polar surface area (TPSA) is 38.3 Å². The van der Waals surface area contributed by atoms with Crippen molar-refractivity contribution in [1.82, 2.24) is 0 Å². The number of carbonyl (C=O) groups is 1. The van der Waals surface area contributed by atoms with E-state index in [0.717, 1.165) is 16.8 Å². The van der Waals surface area contributed by atoms with Crippen LogP contribution in [0.2, 0.25) is 5.02 Å². The van der Waals surface area contributed by atoms with E-state index in [0.29, 0.717) is 11.4 Å². The number of carbonyl (C=O) groups excluding carboxylic acids is 1. The summed E-state index contributed by atoms with van der Waals surface area (Å²) in [5.74, 6) is -0.249. The molecule has 0 fully saturated rings. The molecule has 0 aliphatic carbocycles. The van der Waals surface area contributed by atoms with Gasteiger partial charge in [0.15, 0.2) is 0 Å². The van der Waals surface area contributed by atoms with Gasteiger partial charge in [0.1, 0.15) is 12.6 Å². The summed E-state index contributed by atoms with van der Waals surface area (Å²) in [4.78, 5) is 12.1. The van der Waals surface area contributed by atoms with E-state index < -0.39 is 0 Å². The van der Waals surface area contributed by atoms with Crippen LogP contribution in [0.4, 0.5) is 5.69 Å². The molecule has 0 spiro atoms. The first-order valence-electron chi connectivity index (χ1n) is 6.48. The fourth-order valence-corrected chi connectivity index (χ4v) is 2.50. The van der Waals surface area contributed by atoms with E-state index >= 15 is 0 Å². The van der Waals surface area contributed by atoms with Crippen molar-refractivity contribution in [2.45, 2.75) is 19.1 Å². The number of rotatable bonds is 3. The fourth-order valence-electron chi connectivity index (χ4n) is 2.30. The van der Waals surface area contributed by atoms with Crippen molar-refractivity contribution in [3.8, 4) is 0 Å². The van der Waals surface area contributed by atoms with Gasteiger partial charge in [0.2, 0.25) is 0 Å². The number of hydrogen-bond acceptors (Lipinski definition) is 3. The van der Waals surface area contributed by atoms with Crippen molar-refractivity contribution in [2.75, 3.05) is 5.32 Å². The molecular weight excluding hydrogens is 274 g/mol. The quantitative estimate of drug-likeness (QED) is 0.879. The van der Waals surface area contributed by atoms with Crippen LogP contribution in [-0.2, 0) is 22.6 Å². The summed E-state index contributed by atoms with van der Waals surface area (Å²) >= 11 is 6.03. The second-order valence-corrected chi connectivity index (χ2v) is 5.16. The lowest BCUT2D eigenvalue weighted by atomic mass is 10.1. The number of ether oxygens (including phenoxy) is 1. The molecular formula is C16H14ClNO2. The first-order chi connectivity index (χ1) is 9.74. The Bertz CT molecular complexity index is 617. The number of nitrogens with one attached hydrogen (secondary N) is 1. The molecule has 2 aromatic carbocycles.